The zero-order valence-corrected chi connectivity index (χ0v) is 26.5. The Morgan fingerprint density at radius 1 is 0.553 bits per heavy atom. The van der Waals surface area contributed by atoms with Gasteiger partial charge in [-0.05, 0) is 75.8 Å². The number of hydrogen-bond acceptors (Lipinski definition) is 6. The van der Waals surface area contributed by atoms with Crippen molar-refractivity contribution in [2.45, 2.75) is 25.4 Å². The first-order chi connectivity index (χ1) is 23.1. The molecule has 6 rings (SSSR count). The van der Waals surface area contributed by atoms with E-state index in [1.165, 1.54) is 0 Å². The van der Waals surface area contributed by atoms with Crippen molar-refractivity contribution < 1.29 is 24.1 Å². The van der Waals surface area contributed by atoms with Crippen molar-refractivity contribution in [3.8, 4) is 28.5 Å². The first-order valence-corrected chi connectivity index (χ1v) is 15.5. The molecule has 0 fully saturated rings. The lowest BCUT2D eigenvalue weighted by molar-refractivity contribution is 0.0000783. The van der Waals surface area contributed by atoms with Gasteiger partial charge in [-0.25, -0.2) is 0 Å². The summed E-state index contributed by atoms with van der Waals surface area (Å²) in [6, 6.07) is 46.0. The monoisotopic (exact) mass is 623 g/mol. The molecule has 0 amide bonds. The summed E-state index contributed by atoms with van der Waals surface area (Å²) in [5, 5.41) is 9.43. The summed E-state index contributed by atoms with van der Waals surface area (Å²) in [7, 11) is 3.33. The topological polar surface area (TPSA) is 70.0 Å². The van der Waals surface area contributed by atoms with Crippen LogP contribution in [0.4, 0.5) is 0 Å². The molecule has 0 saturated heterocycles. The van der Waals surface area contributed by atoms with Crippen LogP contribution in [0.15, 0.2) is 146 Å². The van der Waals surface area contributed by atoms with Gasteiger partial charge in [-0.3, -0.25) is 4.98 Å². The van der Waals surface area contributed by atoms with E-state index in [-0.39, 0.29) is 6.61 Å². The van der Waals surface area contributed by atoms with E-state index in [0.29, 0.717) is 13.2 Å². The van der Waals surface area contributed by atoms with Gasteiger partial charge in [0, 0.05) is 11.8 Å². The summed E-state index contributed by atoms with van der Waals surface area (Å²) < 4.78 is 24.0. The normalized spacial score (nSPS) is 11.2. The second-order valence-electron chi connectivity index (χ2n) is 11.1. The van der Waals surface area contributed by atoms with Crippen LogP contribution in [0.2, 0.25) is 0 Å². The first-order valence-electron chi connectivity index (χ1n) is 15.5. The Kier molecular flexibility index (Phi) is 9.92. The molecule has 1 aromatic heterocycles. The Balaban J connectivity index is 1.26. The van der Waals surface area contributed by atoms with Gasteiger partial charge in [-0.2, -0.15) is 0 Å². The van der Waals surface area contributed by atoms with Crippen molar-refractivity contribution in [1.29, 1.82) is 0 Å². The number of ether oxygens (including phenoxy) is 4. The van der Waals surface area contributed by atoms with Gasteiger partial charge < -0.3 is 24.1 Å². The van der Waals surface area contributed by atoms with Crippen LogP contribution in [0.5, 0.6) is 17.2 Å². The van der Waals surface area contributed by atoms with Crippen LogP contribution < -0.4 is 14.2 Å². The standard InChI is InChI=1S/C41H37NO5/c1-44-37-19-15-35(16-20-37)41(34-11-4-3-5-12-34,36-17-21-38(45-2)22-18-36)47-29-32-14-23-40(42-26-32)33-10-7-13-39(25-33)46-28-31-9-6-8-30(24-31)27-43/h3-26,43H,27-29H2,1-2H3. The summed E-state index contributed by atoms with van der Waals surface area (Å²) in [5.74, 6) is 2.30. The largest absolute Gasteiger partial charge is 0.497 e. The summed E-state index contributed by atoms with van der Waals surface area (Å²) in [6.07, 6.45) is 1.86. The molecule has 0 aliphatic heterocycles. The molecule has 0 unspecified atom stereocenters. The SMILES string of the molecule is COc1ccc(C(OCc2ccc(-c3cccc(OCc4cccc(CO)c4)c3)nc2)(c2ccccc2)c2ccc(OC)cc2)cc1. The van der Waals surface area contributed by atoms with Crippen LogP contribution in [0.3, 0.4) is 0 Å². The number of aliphatic hydroxyl groups is 1. The van der Waals surface area contributed by atoms with Gasteiger partial charge in [0.25, 0.3) is 0 Å². The molecule has 0 atom stereocenters. The van der Waals surface area contributed by atoms with Crippen molar-refractivity contribution in [1.82, 2.24) is 4.98 Å². The number of aromatic nitrogens is 1. The molecule has 0 saturated carbocycles. The molecule has 47 heavy (non-hydrogen) atoms. The number of aliphatic hydroxyl groups excluding tert-OH is 1. The lowest BCUT2D eigenvalue weighted by Crippen LogP contribution is -2.32. The minimum Gasteiger partial charge on any atom is -0.497 e. The van der Waals surface area contributed by atoms with E-state index in [1.807, 2.05) is 109 Å². The van der Waals surface area contributed by atoms with Crippen LogP contribution in [0, 0.1) is 0 Å². The highest BCUT2D eigenvalue weighted by Crippen LogP contribution is 2.42. The highest BCUT2D eigenvalue weighted by Gasteiger charge is 2.38. The number of methoxy groups -OCH3 is 2. The molecule has 5 aromatic carbocycles. The molecule has 0 aliphatic rings. The highest BCUT2D eigenvalue weighted by molar-refractivity contribution is 5.61. The molecule has 1 heterocycles. The van der Waals surface area contributed by atoms with Crippen molar-refractivity contribution in [2.75, 3.05) is 14.2 Å². The number of benzene rings is 5. The molecule has 6 heteroatoms. The van der Waals surface area contributed by atoms with Gasteiger partial charge in [0.05, 0.1) is 33.1 Å². The summed E-state index contributed by atoms with van der Waals surface area (Å²) in [6.45, 7) is 0.731. The van der Waals surface area contributed by atoms with Gasteiger partial charge in [0.2, 0.25) is 0 Å². The minimum atomic E-state index is -0.916. The quantitative estimate of drug-likeness (QED) is 0.130. The Morgan fingerprint density at radius 3 is 1.81 bits per heavy atom. The van der Waals surface area contributed by atoms with Gasteiger partial charge in [-0.1, -0.05) is 97.1 Å². The molecule has 6 nitrogen and oxygen atoms in total. The number of nitrogens with zero attached hydrogens (tertiary/aromatic N) is 1. The fraction of sp³-hybridized carbons (Fsp3) is 0.146. The number of rotatable bonds is 13. The van der Waals surface area contributed by atoms with Crippen molar-refractivity contribution >= 4 is 0 Å². The predicted octanol–water partition coefficient (Wildman–Crippen LogP) is 8.35. The Labute approximate surface area is 275 Å². The van der Waals surface area contributed by atoms with Crippen LogP contribution >= 0.6 is 0 Å². The third-order valence-corrected chi connectivity index (χ3v) is 8.16. The number of hydrogen-bond donors (Lipinski definition) is 1. The maximum Gasteiger partial charge on any atom is 0.144 e. The highest BCUT2D eigenvalue weighted by atomic mass is 16.5. The predicted molar refractivity (Wildman–Crippen MR) is 183 cm³/mol. The average Bonchev–Trinajstić information content (AvgIpc) is 3.15. The molecule has 1 N–H and O–H groups in total. The van der Waals surface area contributed by atoms with E-state index < -0.39 is 5.60 Å². The van der Waals surface area contributed by atoms with Gasteiger partial charge in [-0.15, -0.1) is 0 Å². The molecule has 0 radical (unpaired) electrons. The molecular weight excluding hydrogens is 586 g/mol. The van der Waals surface area contributed by atoms with E-state index in [2.05, 4.69) is 36.4 Å². The van der Waals surface area contributed by atoms with Gasteiger partial charge >= 0.3 is 0 Å². The lowest BCUT2D eigenvalue weighted by Gasteiger charge is -2.36. The molecule has 6 aromatic rings. The fourth-order valence-corrected chi connectivity index (χ4v) is 5.68. The van der Waals surface area contributed by atoms with E-state index in [1.54, 1.807) is 14.2 Å². The molecule has 236 valence electrons. The Morgan fingerprint density at radius 2 is 1.19 bits per heavy atom. The second-order valence-corrected chi connectivity index (χ2v) is 11.1. The smallest absolute Gasteiger partial charge is 0.144 e. The summed E-state index contributed by atoms with van der Waals surface area (Å²) in [5.41, 5.74) is 6.61. The van der Waals surface area contributed by atoms with Crippen LogP contribution in [0.25, 0.3) is 11.3 Å². The Hall–Kier alpha value is -5.43. The van der Waals surface area contributed by atoms with E-state index in [9.17, 15) is 5.11 Å². The minimum absolute atomic E-state index is 0.00619. The Bertz CT molecular complexity index is 1820. The van der Waals surface area contributed by atoms with Gasteiger partial charge in [0.15, 0.2) is 0 Å². The van der Waals surface area contributed by atoms with Crippen molar-refractivity contribution in [3.63, 3.8) is 0 Å². The van der Waals surface area contributed by atoms with E-state index >= 15 is 0 Å². The van der Waals surface area contributed by atoms with Crippen LogP contribution in [-0.4, -0.2) is 24.3 Å². The number of pyridine rings is 1. The lowest BCUT2D eigenvalue weighted by atomic mass is 9.80. The molecular formula is C41H37NO5. The van der Waals surface area contributed by atoms with Crippen molar-refractivity contribution in [2.24, 2.45) is 0 Å². The fourth-order valence-electron chi connectivity index (χ4n) is 5.68. The first kappa shape index (κ1) is 31.5. The van der Waals surface area contributed by atoms with E-state index in [4.69, 9.17) is 23.9 Å². The van der Waals surface area contributed by atoms with Crippen LogP contribution in [0.1, 0.15) is 33.4 Å². The molecule has 0 spiro atoms. The van der Waals surface area contributed by atoms with E-state index in [0.717, 1.165) is 61.9 Å². The third kappa shape index (κ3) is 7.20. The third-order valence-electron chi connectivity index (χ3n) is 8.16. The average molecular weight is 624 g/mol. The molecule has 0 aliphatic carbocycles. The van der Waals surface area contributed by atoms with Crippen molar-refractivity contribution in [3.05, 3.63) is 179 Å². The van der Waals surface area contributed by atoms with Gasteiger partial charge in [0.1, 0.15) is 29.5 Å². The maximum absolute atomic E-state index is 9.43. The summed E-state index contributed by atoms with van der Waals surface area (Å²) in [4.78, 5) is 4.80. The summed E-state index contributed by atoms with van der Waals surface area (Å²) >= 11 is 0. The van der Waals surface area contributed by atoms with Crippen LogP contribution in [-0.2, 0) is 30.2 Å². The maximum atomic E-state index is 9.43. The molecule has 0 bridgehead atoms. The second kappa shape index (κ2) is 14.8. The zero-order chi connectivity index (χ0) is 32.5. The zero-order valence-electron chi connectivity index (χ0n) is 26.5.